The van der Waals surface area contributed by atoms with Crippen LogP contribution in [-0.2, 0) is 4.79 Å². The minimum absolute atomic E-state index is 0.368. The maximum atomic E-state index is 10.8. The number of halogens is 1. The molecule has 0 aliphatic rings. The molecule has 1 N–H and O–H groups in total. The number of hydrogen-bond acceptors (Lipinski definition) is 2. The Morgan fingerprint density at radius 1 is 1.56 bits per heavy atom. The fourth-order valence-electron chi connectivity index (χ4n) is 1.63. The molecule has 88 valence electrons. The third-order valence-electron chi connectivity index (χ3n) is 2.54. The first-order valence-corrected chi connectivity index (χ1v) is 5.91. The topological polar surface area (TPSA) is 40.5 Å². The summed E-state index contributed by atoms with van der Waals surface area (Å²) in [7, 11) is 1.91. The molecule has 0 amide bonds. The molecule has 0 fully saturated rings. The lowest BCUT2D eigenvalue weighted by Crippen LogP contribution is -2.28. The molecule has 4 heteroatoms. The largest absolute Gasteiger partial charge is 0.481 e. The molecule has 1 rings (SSSR count). The lowest BCUT2D eigenvalue weighted by atomic mass is 10.1. The molecule has 0 aromatic heterocycles. The first-order chi connectivity index (χ1) is 7.41. The number of benzene rings is 1. The van der Waals surface area contributed by atoms with Gasteiger partial charge in [-0.1, -0.05) is 22.9 Å². The van der Waals surface area contributed by atoms with E-state index in [0.29, 0.717) is 6.54 Å². The average Bonchev–Trinajstić information content (AvgIpc) is 2.16. The molecule has 1 unspecified atom stereocenters. The summed E-state index contributed by atoms with van der Waals surface area (Å²) in [5, 5.41) is 8.86. The van der Waals surface area contributed by atoms with Crippen LogP contribution in [0.2, 0.25) is 0 Å². The summed E-state index contributed by atoms with van der Waals surface area (Å²) in [6, 6.07) is 5.98. The van der Waals surface area contributed by atoms with Crippen LogP contribution in [0.3, 0.4) is 0 Å². The maximum absolute atomic E-state index is 10.8. The Morgan fingerprint density at radius 3 is 2.69 bits per heavy atom. The number of aliphatic carboxylic acids is 1. The molecular formula is C12H16BrNO2. The zero-order valence-corrected chi connectivity index (χ0v) is 11.3. The number of carboxylic acid groups (broad SMARTS) is 1. The van der Waals surface area contributed by atoms with Gasteiger partial charge in [-0.15, -0.1) is 0 Å². The molecule has 1 aromatic rings. The van der Waals surface area contributed by atoms with E-state index in [4.69, 9.17) is 5.11 Å². The molecule has 3 nitrogen and oxygen atoms in total. The van der Waals surface area contributed by atoms with Crippen LogP contribution in [0.5, 0.6) is 0 Å². The van der Waals surface area contributed by atoms with Gasteiger partial charge in [0.1, 0.15) is 0 Å². The van der Waals surface area contributed by atoms with Crippen LogP contribution in [-0.4, -0.2) is 24.7 Å². The molecule has 0 spiro atoms. The van der Waals surface area contributed by atoms with Crippen LogP contribution in [0.1, 0.15) is 12.5 Å². The molecule has 0 saturated carbocycles. The summed E-state index contributed by atoms with van der Waals surface area (Å²) in [5.41, 5.74) is 2.20. The Morgan fingerprint density at radius 2 is 2.19 bits per heavy atom. The van der Waals surface area contributed by atoms with E-state index in [1.165, 1.54) is 0 Å². The molecule has 0 radical (unpaired) electrons. The molecular weight excluding hydrogens is 270 g/mol. The minimum Gasteiger partial charge on any atom is -0.481 e. The van der Waals surface area contributed by atoms with E-state index in [1.807, 2.05) is 37.1 Å². The third kappa shape index (κ3) is 3.23. The van der Waals surface area contributed by atoms with Crippen LogP contribution >= 0.6 is 15.9 Å². The second-order valence-electron chi connectivity index (χ2n) is 4.05. The predicted molar refractivity (Wildman–Crippen MR) is 68.9 cm³/mol. The van der Waals surface area contributed by atoms with Crippen molar-refractivity contribution in [2.75, 3.05) is 18.5 Å². The molecule has 0 saturated heterocycles. The predicted octanol–water partition coefficient (Wildman–Crippen LogP) is 2.91. The van der Waals surface area contributed by atoms with E-state index in [1.54, 1.807) is 6.92 Å². The number of rotatable bonds is 4. The number of anilines is 1. The van der Waals surface area contributed by atoms with Gasteiger partial charge in [0.2, 0.25) is 0 Å². The molecule has 0 heterocycles. The van der Waals surface area contributed by atoms with Gasteiger partial charge in [0.15, 0.2) is 0 Å². The van der Waals surface area contributed by atoms with Gasteiger partial charge in [0.25, 0.3) is 0 Å². The Bertz CT molecular complexity index is 393. The summed E-state index contributed by atoms with van der Waals surface area (Å²) in [4.78, 5) is 12.7. The molecule has 0 aliphatic carbocycles. The minimum atomic E-state index is -0.762. The number of nitrogens with zero attached hydrogens (tertiary/aromatic N) is 1. The Hall–Kier alpha value is -1.03. The Balaban J connectivity index is 2.80. The Kier molecular flexibility index (Phi) is 4.35. The van der Waals surface area contributed by atoms with E-state index in [9.17, 15) is 4.79 Å². The van der Waals surface area contributed by atoms with Gasteiger partial charge >= 0.3 is 5.97 Å². The van der Waals surface area contributed by atoms with Crippen molar-refractivity contribution in [3.63, 3.8) is 0 Å². The monoisotopic (exact) mass is 285 g/mol. The van der Waals surface area contributed by atoms with E-state index in [2.05, 4.69) is 15.9 Å². The summed E-state index contributed by atoms with van der Waals surface area (Å²) in [5.74, 6) is -1.13. The quantitative estimate of drug-likeness (QED) is 0.925. The van der Waals surface area contributed by atoms with Crippen LogP contribution in [0.25, 0.3) is 0 Å². The summed E-state index contributed by atoms with van der Waals surface area (Å²) < 4.78 is 1.04. The number of carboxylic acids is 1. The average molecular weight is 286 g/mol. The summed E-state index contributed by atoms with van der Waals surface area (Å²) in [6.07, 6.45) is 0. The second kappa shape index (κ2) is 5.34. The highest BCUT2D eigenvalue weighted by Gasteiger charge is 2.14. The third-order valence-corrected chi connectivity index (χ3v) is 3.03. The van der Waals surface area contributed by atoms with Gasteiger partial charge in [-0.2, -0.15) is 0 Å². The second-order valence-corrected chi connectivity index (χ2v) is 4.97. The van der Waals surface area contributed by atoms with Crippen LogP contribution in [0.4, 0.5) is 5.69 Å². The van der Waals surface area contributed by atoms with Gasteiger partial charge in [-0.3, -0.25) is 4.79 Å². The van der Waals surface area contributed by atoms with E-state index in [-0.39, 0.29) is 5.92 Å². The van der Waals surface area contributed by atoms with Crippen molar-refractivity contribution in [1.82, 2.24) is 0 Å². The lowest BCUT2D eigenvalue weighted by molar-refractivity contribution is -0.140. The van der Waals surface area contributed by atoms with Crippen molar-refractivity contribution >= 4 is 27.6 Å². The smallest absolute Gasteiger partial charge is 0.308 e. The molecule has 16 heavy (non-hydrogen) atoms. The number of aryl methyl sites for hydroxylation is 1. The molecule has 0 bridgehead atoms. The van der Waals surface area contributed by atoms with Gasteiger partial charge in [0.05, 0.1) is 5.92 Å². The summed E-state index contributed by atoms with van der Waals surface area (Å²) >= 11 is 3.41. The molecule has 0 aliphatic heterocycles. The highest BCUT2D eigenvalue weighted by molar-refractivity contribution is 9.10. The van der Waals surface area contributed by atoms with E-state index >= 15 is 0 Å². The zero-order valence-electron chi connectivity index (χ0n) is 9.70. The van der Waals surface area contributed by atoms with Crippen molar-refractivity contribution in [1.29, 1.82) is 0 Å². The first kappa shape index (κ1) is 13.0. The first-order valence-electron chi connectivity index (χ1n) is 5.12. The summed E-state index contributed by atoms with van der Waals surface area (Å²) in [6.45, 7) is 4.24. The van der Waals surface area contributed by atoms with Gasteiger partial charge < -0.3 is 10.0 Å². The fourth-order valence-corrected chi connectivity index (χ4v) is 2.11. The number of hydrogen-bond donors (Lipinski definition) is 1. The number of carbonyl (C=O) groups is 1. The van der Waals surface area contributed by atoms with Crippen molar-refractivity contribution in [2.45, 2.75) is 13.8 Å². The Labute approximate surface area is 104 Å². The molecule has 1 atom stereocenters. The van der Waals surface area contributed by atoms with Gasteiger partial charge in [0, 0.05) is 23.8 Å². The van der Waals surface area contributed by atoms with Crippen LogP contribution in [0, 0.1) is 12.8 Å². The fraction of sp³-hybridized carbons (Fsp3) is 0.417. The van der Waals surface area contributed by atoms with Crippen molar-refractivity contribution in [2.24, 2.45) is 5.92 Å². The highest BCUT2D eigenvalue weighted by Crippen LogP contribution is 2.23. The standard InChI is InChI=1S/C12H16BrNO2/c1-8-6-10(13)4-5-11(8)14(3)7-9(2)12(15)16/h4-6,9H,7H2,1-3H3,(H,15,16). The normalized spacial score (nSPS) is 12.2. The maximum Gasteiger partial charge on any atom is 0.308 e. The van der Waals surface area contributed by atoms with E-state index < -0.39 is 5.97 Å². The van der Waals surface area contributed by atoms with Gasteiger partial charge in [-0.25, -0.2) is 0 Å². The molecule has 1 aromatic carbocycles. The van der Waals surface area contributed by atoms with Crippen LogP contribution in [0.15, 0.2) is 22.7 Å². The SMILES string of the molecule is Cc1cc(Br)ccc1N(C)CC(C)C(=O)O. The van der Waals surface area contributed by atoms with Gasteiger partial charge in [-0.05, 0) is 30.7 Å². The van der Waals surface area contributed by atoms with Crippen molar-refractivity contribution in [3.05, 3.63) is 28.2 Å². The van der Waals surface area contributed by atoms with Crippen molar-refractivity contribution < 1.29 is 9.90 Å². The zero-order chi connectivity index (χ0) is 12.3. The highest BCUT2D eigenvalue weighted by atomic mass is 79.9. The van der Waals surface area contributed by atoms with Crippen LogP contribution < -0.4 is 4.90 Å². The van der Waals surface area contributed by atoms with Crippen molar-refractivity contribution in [3.8, 4) is 0 Å². The lowest BCUT2D eigenvalue weighted by Gasteiger charge is -2.23. The van der Waals surface area contributed by atoms with E-state index in [0.717, 1.165) is 15.7 Å².